The molecule has 2 aromatic heterocycles. The molecular weight excluding hydrogens is 336 g/mol. The monoisotopic (exact) mass is 360 g/mol. The summed E-state index contributed by atoms with van der Waals surface area (Å²) in [5.74, 6) is 0.0435. The van der Waals surface area contributed by atoms with Gasteiger partial charge in [0.25, 0.3) is 5.91 Å². The van der Waals surface area contributed by atoms with Crippen LogP contribution in [0.15, 0.2) is 12.1 Å². The van der Waals surface area contributed by atoms with Gasteiger partial charge in [-0.15, -0.1) is 11.3 Å². The van der Waals surface area contributed by atoms with Crippen molar-refractivity contribution in [3.8, 4) is 0 Å². The molecule has 6 nitrogen and oxygen atoms in total. The summed E-state index contributed by atoms with van der Waals surface area (Å²) in [6.07, 6.45) is 0. The van der Waals surface area contributed by atoms with Gasteiger partial charge in [-0.2, -0.15) is 5.10 Å². The number of piperazine rings is 1. The van der Waals surface area contributed by atoms with Crippen molar-refractivity contribution < 1.29 is 9.59 Å². The third-order valence-corrected chi connectivity index (χ3v) is 6.04. The molecule has 0 unspecified atom stereocenters. The highest BCUT2D eigenvalue weighted by Crippen LogP contribution is 2.21. The zero-order valence-corrected chi connectivity index (χ0v) is 16.0. The Morgan fingerprint density at radius 1 is 1.12 bits per heavy atom. The summed E-state index contributed by atoms with van der Waals surface area (Å²) in [6.45, 7) is 9.68. The maximum atomic E-state index is 12.6. The summed E-state index contributed by atoms with van der Waals surface area (Å²) in [5.41, 5.74) is 3.56. The van der Waals surface area contributed by atoms with Crippen LogP contribution in [0.2, 0.25) is 0 Å². The number of Topliss-reactive ketones (excluding diaryl/α,β-unsaturated/α-hetero) is 1. The van der Waals surface area contributed by atoms with Gasteiger partial charge < -0.3 is 4.90 Å². The van der Waals surface area contributed by atoms with Gasteiger partial charge in [0.1, 0.15) is 0 Å². The normalized spacial score (nSPS) is 15.6. The molecule has 1 aliphatic rings. The molecule has 0 atom stereocenters. The first kappa shape index (κ1) is 17.8. The number of amides is 1. The molecule has 3 rings (SSSR count). The second-order valence-corrected chi connectivity index (χ2v) is 7.65. The predicted octanol–water partition coefficient (Wildman–Crippen LogP) is 2.26. The number of rotatable bonds is 4. The molecule has 134 valence electrons. The lowest BCUT2D eigenvalue weighted by molar-refractivity contribution is 0.0632. The van der Waals surface area contributed by atoms with Crippen LogP contribution >= 0.6 is 11.3 Å². The van der Waals surface area contributed by atoms with E-state index in [2.05, 4.69) is 16.9 Å². The number of ketones is 1. The Balaban J connectivity index is 1.59. The number of nitrogens with zero attached hydrogens (tertiary/aromatic N) is 4. The topological polar surface area (TPSA) is 58.4 Å². The molecule has 0 saturated carbocycles. The van der Waals surface area contributed by atoms with Crippen molar-refractivity contribution in [2.75, 3.05) is 26.2 Å². The van der Waals surface area contributed by atoms with Crippen molar-refractivity contribution in [3.05, 3.63) is 38.8 Å². The smallest absolute Gasteiger partial charge is 0.264 e. The number of aryl methyl sites for hydroxylation is 2. The van der Waals surface area contributed by atoms with Crippen LogP contribution in [0.25, 0.3) is 0 Å². The maximum absolute atomic E-state index is 12.6. The van der Waals surface area contributed by atoms with E-state index in [9.17, 15) is 9.59 Å². The molecule has 0 aromatic carbocycles. The van der Waals surface area contributed by atoms with E-state index in [-0.39, 0.29) is 11.7 Å². The van der Waals surface area contributed by atoms with Crippen molar-refractivity contribution in [1.82, 2.24) is 19.6 Å². The fourth-order valence-corrected chi connectivity index (χ4v) is 4.05. The quantitative estimate of drug-likeness (QED) is 0.785. The summed E-state index contributed by atoms with van der Waals surface area (Å²) in [7, 11) is 1.97. The Bertz CT molecular complexity index is 800. The third-order valence-electron chi connectivity index (χ3n) is 4.86. The Labute approximate surface area is 152 Å². The molecule has 0 spiro atoms. The number of carbonyl (C=O) groups is 2. The molecule has 1 aliphatic heterocycles. The molecule has 1 fully saturated rings. The van der Waals surface area contributed by atoms with Gasteiger partial charge in [-0.05, 0) is 32.9 Å². The number of carbonyl (C=O) groups excluding carboxylic acids is 2. The van der Waals surface area contributed by atoms with E-state index in [1.165, 1.54) is 29.5 Å². The molecule has 0 bridgehead atoms. The van der Waals surface area contributed by atoms with Gasteiger partial charge in [0.05, 0.1) is 15.4 Å². The molecular formula is C18H24N4O2S. The minimum atomic E-state index is 0.0103. The van der Waals surface area contributed by atoms with Crippen molar-refractivity contribution in [3.63, 3.8) is 0 Å². The Morgan fingerprint density at radius 3 is 2.28 bits per heavy atom. The zero-order valence-electron chi connectivity index (χ0n) is 15.2. The van der Waals surface area contributed by atoms with Gasteiger partial charge in [-0.3, -0.25) is 19.2 Å². The van der Waals surface area contributed by atoms with Gasteiger partial charge in [0.15, 0.2) is 5.78 Å². The SMILES string of the molecule is CC(=O)c1ccc(C(=O)N2CCN(Cc3c(C)nn(C)c3C)CC2)s1. The van der Waals surface area contributed by atoms with Crippen LogP contribution in [0.5, 0.6) is 0 Å². The second kappa shape index (κ2) is 7.09. The minimum absolute atomic E-state index is 0.0103. The van der Waals surface area contributed by atoms with Gasteiger partial charge in [0.2, 0.25) is 0 Å². The number of hydrogen-bond acceptors (Lipinski definition) is 5. The number of aromatic nitrogens is 2. The summed E-state index contributed by atoms with van der Waals surface area (Å²) in [5, 5.41) is 4.47. The van der Waals surface area contributed by atoms with Gasteiger partial charge in [-0.1, -0.05) is 0 Å². The average Bonchev–Trinajstić information content (AvgIpc) is 3.16. The first-order chi connectivity index (χ1) is 11.9. The van der Waals surface area contributed by atoms with Crippen LogP contribution < -0.4 is 0 Å². The minimum Gasteiger partial charge on any atom is -0.335 e. The van der Waals surface area contributed by atoms with Crippen LogP contribution in [0.1, 0.15) is 43.2 Å². The van der Waals surface area contributed by atoms with E-state index in [4.69, 9.17) is 0 Å². The van der Waals surface area contributed by atoms with Crippen molar-refractivity contribution in [1.29, 1.82) is 0 Å². The first-order valence-corrected chi connectivity index (χ1v) is 9.30. The highest BCUT2D eigenvalue weighted by Gasteiger charge is 2.24. The molecule has 0 radical (unpaired) electrons. The largest absolute Gasteiger partial charge is 0.335 e. The summed E-state index contributed by atoms with van der Waals surface area (Å²) < 4.78 is 1.92. The van der Waals surface area contributed by atoms with Crippen LogP contribution in [-0.2, 0) is 13.6 Å². The average molecular weight is 360 g/mol. The van der Waals surface area contributed by atoms with Crippen molar-refractivity contribution >= 4 is 23.0 Å². The lowest BCUT2D eigenvalue weighted by Gasteiger charge is -2.34. The first-order valence-electron chi connectivity index (χ1n) is 8.48. The fraction of sp³-hybridized carbons (Fsp3) is 0.500. The van der Waals surface area contributed by atoms with Crippen LogP contribution in [0.3, 0.4) is 0 Å². The molecule has 1 amide bonds. The fourth-order valence-electron chi connectivity index (χ4n) is 3.18. The van der Waals surface area contributed by atoms with E-state index in [0.717, 1.165) is 25.3 Å². The number of hydrogen-bond donors (Lipinski definition) is 0. The van der Waals surface area contributed by atoms with E-state index in [1.54, 1.807) is 12.1 Å². The highest BCUT2D eigenvalue weighted by molar-refractivity contribution is 7.15. The molecule has 25 heavy (non-hydrogen) atoms. The molecule has 2 aromatic rings. The summed E-state index contributed by atoms with van der Waals surface area (Å²) in [4.78, 5) is 29.6. The standard InChI is InChI=1S/C18H24N4O2S/c1-12-15(13(2)20(4)19-12)11-21-7-9-22(10-8-21)18(24)17-6-5-16(25-17)14(3)23/h5-6H,7-11H2,1-4H3. The van der Waals surface area contributed by atoms with Crippen LogP contribution in [-0.4, -0.2) is 57.4 Å². The highest BCUT2D eigenvalue weighted by atomic mass is 32.1. The maximum Gasteiger partial charge on any atom is 0.264 e. The molecule has 1 saturated heterocycles. The Kier molecular flexibility index (Phi) is 5.06. The Hall–Kier alpha value is -1.99. The lowest BCUT2D eigenvalue weighted by Crippen LogP contribution is -2.48. The van der Waals surface area contributed by atoms with E-state index >= 15 is 0 Å². The predicted molar refractivity (Wildman–Crippen MR) is 98.2 cm³/mol. The molecule has 0 aliphatic carbocycles. The number of thiophene rings is 1. The van der Waals surface area contributed by atoms with E-state index in [0.29, 0.717) is 22.8 Å². The molecule has 3 heterocycles. The summed E-state index contributed by atoms with van der Waals surface area (Å²) >= 11 is 1.29. The van der Waals surface area contributed by atoms with Gasteiger partial charge in [0, 0.05) is 51.0 Å². The van der Waals surface area contributed by atoms with Crippen LogP contribution in [0, 0.1) is 13.8 Å². The van der Waals surface area contributed by atoms with E-state index in [1.807, 2.05) is 23.6 Å². The zero-order chi connectivity index (χ0) is 18.1. The molecule has 7 heteroatoms. The van der Waals surface area contributed by atoms with E-state index < -0.39 is 0 Å². The third kappa shape index (κ3) is 3.67. The lowest BCUT2D eigenvalue weighted by atomic mass is 10.1. The second-order valence-electron chi connectivity index (χ2n) is 6.56. The Morgan fingerprint density at radius 2 is 1.76 bits per heavy atom. The van der Waals surface area contributed by atoms with Crippen molar-refractivity contribution in [2.24, 2.45) is 7.05 Å². The van der Waals surface area contributed by atoms with Crippen LogP contribution in [0.4, 0.5) is 0 Å². The van der Waals surface area contributed by atoms with Crippen molar-refractivity contribution in [2.45, 2.75) is 27.3 Å². The summed E-state index contributed by atoms with van der Waals surface area (Å²) in [6, 6.07) is 3.50. The molecule has 0 N–H and O–H groups in total. The van der Waals surface area contributed by atoms with Gasteiger partial charge in [-0.25, -0.2) is 0 Å². The van der Waals surface area contributed by atoms with Gasteiger partial charge >= 0.3 is 0 Å².